The number of hydrogen-bond donors (Lipinski definition) is 1. The normalized spacial score (nSPS) is 17.3. The second-order valence-electron chi connectivity index (χ2n) is 5.34. The third kappa shape index (κ3) is 2.74. The summed E-state index contributed by atoms with van der Waals surface area (Å²) in [5, 5.41) is 0. The van der Waals surface area contributed by atoms with Gasteiger partial charge in [0.1, 0.15) is 0 Å². The Morgan fingerprint density at radius 3 is 2.60 bits per heavy atom. The summed E-state index contributed by atoms with van der Waals surface area (Å²) < 4.78 is 1.13. The maximum atomic E-state index is 5.76. The van der Waals surface area contributed by atoms with Crippen LogP contribution in [0.15, 0.2) is 53.0 Å². The van der Waals surface area contributed by atoms with Gasteiger partial charge in [-0.3, -0.25) is 0 Å². The van der Waals surface area contributed by atoms with Gasteiger partial charge in [-0.2, -0.15) is 0 Å². The van der Waals surface area contributed by atoms with Gasteiger partial charge in [-0.25, -0.2) is 0 Å². The Hall–Kier alpha value is -1.32. The van der Waals surface area contributed by atoms with Gasteiger partial charge in [0.25, 0.3) is 0 Å². The number of rotatable bonds is 4. The molecule has 0 fully saturated rings. The Kier molecular flexibility index (Phi) is 4.08. The molecule has 3 rings (SSSR count). The van der Waals surface area contributed by atoms with Crippen molar-refractivity contribution in [2.75, 3.05) is 18.0 Å². The van der Waals surface area contributed by atoms with Crippen molar-refractivity contribution in [3.63, 3.8) is 0 Å². The molecule has 2 nitrogen and oxygen atoms in total. The first-order valence-electron chi connectivity index (χ1n) is 7.06. The first-order chi connectivity index (χ1) is 9.78. The van der Waals surface area contributed by atoms with Crippen molar-refractivity contribution in [2.24, 2.45) is 5.73 Å². The fraction of sp³-hybridized carbons (Fsp3) is 0.294. The van der Waals surface area contributed by atoms with Crippen LogP contribution in [0.2, 0.25) is 0 Å². The monoisotopic (exact) mass is 330 g/mol. The van der Waals surface area contributed by atoms with Crippen LogP contribution in [-0.4, -0.2) is 13.1 Å². The van der Waals surface area contributed by atoms with E-state index >= 15 is 0 Å². The third-order valence-corrected chi connectivity index (χ3v) is 4.49. The van der Waals surface area contributed by atoms with E-state index in [1.165, 1.54) is 16.8 Å². The van der Waals surface area contributed by atoms with Gasteiger partial charge in [0.15, 0.2) is 0 Å². The van der Waals surface area contributed by atoms with Crippen molar-refractivity contribution >= 4 is 21.6 Å². The molecule has 2 aromatic carbocycles. The van der Waals surface area contributed by atoms with Crippen LogP contribution in [0.4, 0.5) is 5.69 Å². The molecular weight excluding hydrogens is 312 g/mol. The van der Waals surface area contributed by atoms with Gasteiger partial charge in [-0.05, 0) is 42.3 Å². The maximum Gasteiger partial charge on any atom is 0.0429 e. The molecule has 0 aliphatic carbocycles. The van der Waals surface area contributed by atoms with Crippen molar-refractivity contribution in [1.29, 1.82) is 0 Å². The van der Waals surface area contributed by atoms with E-state index in [2.05, 4.69) is 69.4 Å². The minimum Gasteiger partial charge on any atom is -0.366 e. The van der Waals surface area contributed by atoms with Crippen LogP contribution in [0.5, 0.6) is 0 Å². The van der Waals surface area contributed by atoms with Gasteiger partial charge in [0, 0.05) is 29.2 Å². The van der Waals surface area contributed by atoms with Crippen LogP contribution in [-0.2, 0) is 6.54 Å². The minimum absolute atomic E-state index is 0.576. The highest BCUT2D eigenvalue weighted by molar-refractivity contribution is 9.10. The van der Waals surface area contributed by atoms with Crippen molar-refractivity contribution in [2.45, 2.75) is 18.9 Å². The summed E-state index contributed by atoms with van der Waals surface area (Å²) in [6, 6.07) is 17.3. The average Bonchev–Trinajstić information content (AvgIpc) is 2.81. The van der Waals surface area contributed by atoms with Crippen LogP contribution in [0, 0.1) is 0 Å². The fourth-order valence-electron chi connectivity index (χ4n) is 2.99. The quantitative estimate of drug-likeness (QED) is 0.921. The summed E-state index contributed by atoms with van der Waals surface area (Å²) >= 11 is 3.49. The zero-order valence-electron chi connectivity index (χ0n) is 11.4. The van der Waals surface area contributed by atoms with Crippen molar-refractivity contribution in [3.05, 3.63) is 64.1 Å². The molecule has 0 saturated carbocycles. The average molecular weight is 331 g/mol. The lowest BCUT2D eigenvalue weighted by Crippen LogP contribution is -2.22. The zero-order valence-corrected chi connectivity index (χ0v) is 13.0. The van der Waals surface area contributed by atoms with Gasteiger partial charge in [0.2, 0.25) is 0 Å². The molecule has 0 bridgehead atoms. The van der Waals surface area contributed by atoms with E-state index in [1.54, 1.807) is 0 Å². The summed E-state index contributed by atoms with van der Waals surface area (Å²) in [4.78, 5) is 2.47. The number of para-hydroxylation sites is 1. The van der Waals surface area contributed by atoms with Crippen LogP contribution in [0.3, 0.4) is 0 Å². The first kappa shape index (κ1) is 13.7. The van der Waals surface area contributed by atoms with E-state index < -0.39 is 0 Å². The molecular formula is C17H19BrN2. The van der Waals surface area contributed by atoms with E-state index in [0.29, 0.717) is 5.92 Å². The molecule has 0 saturated heterocycles. The molecule has 1 aliphatic rings. The Balaban J connectivity index is 1.82. The van der Waals surface area contributed by atoms with E-state index in [9.17, 15) is 0 Å². The number of anilines is 1. The summed E-state index contributed by atoms with van der Waals surface area (Å²) in [5.74, 6) is 0.576. The van der Waals surface area contributed by atoms with E-state index in [1.807, 2.05) is 0 Å². The molecule has 1 heterocycles. The summed E-state index contributed by atoms with van der Waals surface area (Å²) in [6.45, 7) is 2.79. The van der Waals surface area contributed by atoms with E-state index in [-0.39, 0.29) is 0 Å². The second-order valence-corrected chi connectivity index (χ2v) is 6.26. The lowest BCUT2D eigenvalue weighted by Gasteiger charge is -2.20. The largest absolute Gasteiger partial charge is 0.366 e. The molecule has 1 atom stereocenters. The Labute approximate surface area is 128 Å². The maximum absolute atomic E-state index is 5.76. The summed E-state index contributed by atoms with van der Waals surface area (Å²) in [5.41, 5.74) is 9.92. The molecule has 1 unspecified atom stereocenters. The minimum atomic E-state index is 0.576. The Morgan fingerprint density at radius 2 is 1.85 bits per heavy atom. The van der Waals surface area contributed by atoms with Crippen molar-refractivity contribution in [3.8, 4) is 0 Å². The summed E-state index contributed by atoms with van der Waals surface area (Å²) in [7, 11) is 0. The van der Waals surface area contributed by atoms with Crippen LogP contribution in [0.25, 0.3) is 0 Å². The number of fused-ring (bicyclic) bond motifs is 1. The molecule has 3 heteroatoms. The molecule has 0 spiro atoms. The SMILES string of the molecule is NCCC1CN(Cc2ccc(Br)cc2)c2ccccc21. The van der Waals surface area contributed by atoms with Crippen LogP contribution >= 0.6 is 15.9 Å². The van der Waals surface area contributed by atoms with Gasteiger partial charge in [-0.1, -0.05) is 46.3 Å². The number of nitrogens with zero attached hydrogens (tertiary/aromatic N) is 1. The lowest BCUT2D eigenvalue weighted by atomic mass is 9.98. The fourth-order valence-corrected chi connectivity index (χ4v) is 3.26. The second kappa shape index (κ2) is 5.98. The van der Waals surface area contributed by atoms with Crippen molar-refractivity contribution < 1.29 is 0 Å². The molecule has 0 radical (unpaired) electrons. The highest BCUT2D eigenvalue weighted by Gasteiger charge is 2.27. The molecule has 0 aromatic heterocycles. The van der Waals surface area contributed by atoms with Crippen molar-refractivity contribution in [1.82, 2.24) is 0 Å². The van der Waals surface area contributed by atoms with Crippen LogP contribution < -0.4 is 10.6 Å². The molecule has 104 valence electrons. The van der Waals surface area contributed by atoms with Crippen LogP contribution in [0.1, 0.15) is 23.5 Å². The Bertz CT molecular complexity index is 580. The highest BCUT2D eigenvalue weighted by atomic mass is 79.9. The molecule has 1 aliphatic heterocycles. The predicted molar refractivity (Wildman–Crippen MR) is 88.0 cm³/mol. The van der Waals surface area contributed by atoms with Gasteiger partial charge in [0.05, 0.1) is 0 Å². The number of hydrogen-bond acceptors (Lipinski definition) is 2. The zero-order chi connectivity index (χ0) is 13.9. The van der Waals surface area contributed by atoms with E-state index in [0.717, 1.165) is 30.5 Å². The predicted octanol–water partition coefficient (Wildman–Crippen LogP) is 3.90. The summed E-state index contributed by atoms with van der Waals surface area (Å²) in [6.07, 6.45) is 1.06. The molecule has 0 amide bonds. The number of benzene rings is 2. The van der Waals surface area contributed by atoms with E-state index in [4.69, 9.17) is 5.73 Å². The molecule has 2 aromatic rings. The Morgan fingerprint density at radius 1 is 1.10 bits per heavy atom. The molecule has 2 N–H and O–H groups in total. The standard InChI is InChI=1S/C17H19BrN2/c18-15-7-5-13(6-8-15)11-20-12-14(9-10-19)16-3-1-2-4-17(16)20/h1-8,14H,9-12,19H2. The smallest absolute Gasteiger partial charge is 0.0429 e. The molecule has 20 heavy (non-hydrogen) atoms. The van der Waals surface area contributed by atoms with Gasteiger partial charge < -0.3 is 10.6 Å². The first-order valence-corrected chi connectivity index (χ1v) is 7.85. The van der Waals surface area contributed by atoms with Gasteiger partial charge >= 0.3 is 0 Å². The number of halogens is 1. The van der Waals surface area contributed by atoms with Gasteiger partial charge in [-0.15, -0.1) is 0 Å². The number of nitrogens with two attached hydrogens (primary N) is 1. The topological polar surface area (TPSA) is 29.3 Å². The third-order valence-electron chi connectivity index (χ3n) is 3.96. The lowest BCUT2D eigenvalue weighted by molar-refractivity contribution is 0.644. The highest BCUT2D eigenvalue weighted by Crippen LogP contribution is 2.38.